The third-order valence-electron chi connectivity index (χ3n) is 3.50. The lowest BCUT2D eigenvalue weighted by Gasteiger charge is -2.32. The van der Waals surface area contributed by atoms with Crippen molar-refractivity contribution in [3.8, 4) is 0 Å². The van der Waals surface area contributed by atoms with Crippen molar-refractivity contribution in [3.63, 3.8) is 0 Å². The van der Waals surface area contributed by atoms with E-state index in [9.17, 15) is 4.79 Å². The fourth-order valence-electron chi connectivity index (χ4n) is 2.32. The Hall–Kier alpha value is -2.50. The highest BCUT2D eigenvalue weighted by Crippen LogP contribution is 2.32. The van der Waals surface area contributed by atoms with Gasteiger partial charge in [0.1, 0.15) is 6.04 Å². The van der Waals surface area contributed by atoms with Gasteiger partial charge in [0.25, 0.3) is 0 Å². The Bertz CT molecular complexity index is 608. The van der Waals surface area contributed by atoms with Crippen molar-refractivity contribution in [1.29, 1.82) is 0 Å². The quantitative estimate of drug-likeness (QED) is 0.379. The van der Waals surface area contributed by atoms with E-state index in [4.69, 9.17) is 15.7 Å². The van der Waals surface area contributed by atoms with Crippen molar-refractivity contribution in [1.82, 2.24) is 0 Å². The molecule has 6 nitrogen and oxygen atoms in total. The largest absolute Gasteiger partial charge is 0.452 e. The van der Waals surface area contributed by atoms with E-state index in [2.05, 4.69) is 19.0 Å². The molecule has 3 N–H and O–H groups in total. The van der Waals surface area contributed by atoms with Crippen LogP contribution in [-0.4, -0.2) is 30.3 Å². The second kappa shape index (κ2) is 5.87. The number of nitrogens with two attached hydrogens (primary N) is 1. The highest BCUT2D eigenvalue weighted by molar-refractivity contribution is 6.03. The molecule has 2 rings (SSSR count). The zero-order valence-electron chi connectivity index (χ0n) is 12.3. The summed E-state index contributed by atoms with van der Waals surface area (Å²) in [6.45, 7) is 4.21. The molecule has 1 amide bonds. The number of anilines is 1. The van der Waals surface area contributed by atoms with Gasteiger partial charge < -0.3 is 15.7 Å². The minimum atomic E-state index is -0.667. The number of fused-ring (bicyclic) bond motifs is 1. The number of benzene rings is 1. The summed E-state index contributed by atoms with van der Waals surface area (Å²) in [5, 5.41) is 11.9. The molecule has 0 aromatic heterocycles. The Morgan fingerprint density at radius 2 is 2.19 bits per heavy atom. The number of amidine groups is 1. The summed E-state index contributed by atoms with van der Waals surface area (Å²) < 4.78 is 4.81. The molecule has 1 aromatic rings. The number of nitrogens with zero attached hydrogens (tertiary/aromatic N) is 2. The zero-order chi connectivity index (χ0) is 15.6. The molecule has 0 aliphatic carbocycles. The van der Waals surface area contributed by atoms with Crippen molar-refractivity contribution in [2.24, 2.45) is 10.9 Å². The smallest absolute Gasteiger partial charge is 0.414 e. The number of amides is 1. The molecular weight excluding hydrogens is 270 g/mol. The lowest BCUT2D eigenvalue weighted by Crippen LogP contribution is -2.48. The van der Waals surface area contributed by atoms with Gasteiger partial charge in [-0.2, -0.15) is 0 Å². The van der Waals surface area contributed by atoms with Gasteiger partial charge in [-0.3, -0.25) is 4.90 Å². The Kier molecular flexibility index (Phi) is 4.16. The predicted molar refractivity (Wildman–Crippen MR) is 81.6 cm³/mol. The molecule has 0 saturated carbocycles. The Morgan fingerprint density at radius 3 is 2.76 bits per heavy atom. The van der Waals surface area contributed by atoms with Gasteiger partial charge in [-0.05, 0) is 29.2 Å². The van der Waals surface area contributed by atoms with Crippen LogP contribution in [0, 0.1) is 0 Å². The second-order valence-corrected chi connectivity index (χ2v) is 5.14. The monoisotopic (exact) mass is 289 g/mol. The van der Waals surface area contributed by atoms with Crippen LogP contribution in [0.1, 0.15) is 30.9 Å². The molecular formula is C15H19N3O3. The molecule has 21 heavy (non-hydrogen) atoms. The van der Waals surface area contributed by atoms with E-state index in [-0.39, 0.29) is 5.84 Å². The van der Waals surface area contributed by atoms with Crippen molar-refractivity contribution >= 4 is 23.7 Å². The standard InChI is InChI=1S/C15H19N3O3/c1-9(2)10-4-6-12-11(8-10)5-7-13(14(16)17-20)18(12)15(19)21-3/h4-9,13,20H,1-3H3,(H2,16,17)/t13-/m0/s1. The Labute approximate surface area is 123 Å². The van der Waals surface area contributed by atoms with Crippen LogP contribution in [0.2, 0.25) is 0 Å². The lowest BCUT2D eigenvalue weighted by molar-refractivity contribution is 0.178. The van der Waals surface area contributed by atoms with Crippen LogP contribution in [0.5, 0.6) is 0 Å². The fourth-order valence-corrected chi connectivity index (χ4v) is 2.32. The van der Waals surface area contributed by atoms with Gasteiger partial charge >= 0.3 is 6.09 Å². The van der Waals surface area contributed by atoms with Crippen LogP contribution in [0.25, 0.3) is 6.08 Å². The second-order valence-electron chi connectivity index (χ2n) is 5.14. The lowest BCUT2D eigenvalue weighted by atomic mass is 9.96. The van der Waals surface area contributed by atoms with Crippen LogP contribution in [-0.2, 0) is 4.74 Å². The number of carbonyl (C=O) groups is 1. The Morgan fingerprint density at radius 1 is 1.48 bits per heavy atom. The first-order valence-electron chi connectivity index (χ1n) is 6.66. The SMILES string of the molecule is COC(=O)N1c2ccc(C(C)C)cc2C=C[C@H]1/C(N)=N/O. The van der Waals surface area contributed by atoms with Gasteiger partial charge in [0.2, 0.25) is 0 Å². The van der Waals surface area contributed by atoms with Crippen LogP contribution < -0.4 is 10.6 Å². The predicted octanol–water partition coefficient (Wildman–Crippen LogP) is 2.52. The molecule has 0 bridgehead atoms. The van der Waals surface area contributed by atoms with Crippen molar-refractivity contribution in [2.75, 3.05) is 12.0 Å². The first-order valence-corrected chi connectivity index (χ1v) is 6.66. The summed E-state index contributed by atoms with van der Waals surface area (Å²) in [5.74, 6) is 0.312. The van der Waals surface area contributed by atoms with Crippen molar-refractivity contribution in [3.05, 3.63) is 35.4 Å². The van der Waals surface area contributed by atoms with Gasteiger partial charge in [-0.25, -0.2) is 4.79 Å². The van der Waals surface area contributed by atoms with Gasteiger partial charge in [-0.15, -0.1) is 0 Å². The maximum absolute atomic E-state index is 12.1. The fraction of sp³-hybridized carbons (Fsp3) is 0.333. The number of hydrogen-bond donors (Lipinski definition) is 2. The number of methoxy groups -OCH3 is 1. The number of oxime groups is 1. The van der Waals surface area contributed by atoms with Crippen molar-refractivity contribution in [2.45, 2.75) is 25.8 Å². The number of ether oxygens (including phenoxy) is 1. The number of rotatable bonds is 2. The van der Waals surface area contributed by atoms with Gasteiger partial charge in [0.15, 0.2) is 5.84 Å². The van der Waals surface area contributed by atoms with Gasteiger partial charge in [-0.1, -0.05) is 37.2 Å². The summed E-state index contributed by atoms with van der Waals surface area (Å²) in [7, 11) is 1.30. The molecule has 0 fully saturated rings. The summed E-state index contributed by atoms with van der Waals surface area (Å²) in [5.41, 5.74) is 8.41. The molecule has 1 heterocycles. The third kappa shape index (κ3) is 2.69. The number of carbonyl (C=O) groups excluding carboxylic acids is 1. The van der Waals surface area contributed by atoms with E-state index in [1.54, 1.807) is 6.08 Å². The topological polar surface area (TPSA) is 88.2 Å². The summed E-state index contributed by atoms with van der Waals surface area (Å²) in [4.78, 5) is 13.4. The summed E-state index contributed by atoms with van der Waals surface area (Å²) in [6.07, 6.45) is 3.01. The molecule has 0 radical (unpaired) electrons. The van der Waals surface area contributed by atoms with Crippen LogP contribution in [0.15, 0.2) is 29.4 Å². The Balaban J connectivity index is 2.53. The molecule has 0 spiro atoms. The van der Waals surface area contributed by atoms with E-state index in [0.717, 1.165) is 5.56 Å². The van der Waals surface area contributed by atoms with E-state index in [0.29, 0.717) is 11.6 Å². The summed E-state index contributed by atoms with van der Waals surface area (Å²) >= 11 is 0. The first kappa shape index (κ1) is 14.9. The molecule has 1 aliphatic heterocycles. The van der Waals surface area contributed by atoms with Gasteiger partial charge in [0, 0.05) is 0 Å². The maximum atomic E-state index is 12.1. The zero-order valence-corrected chi connectivity index (χ0v) is 12.3. The maximum Gasteiger partial charge on any atom is 0.414 e. The third-order valence-corrected chi connectivity index (χ3v) is 3.50. The number of hydrogen-bond acceptors (Lipinski definition) is 4. The van der Waals surface area contributed by atoms with Crippen LogP contribution >= 0.6 is 0 Å². The average molecular weight is 289 g/mol. The normalized spacial score (nSPS) is 17.8. The van der Waals surface area contributed by atoms with E-state index < -0.39 is 12.1 Å². The van der Waals surface area contributed by atoms with Crippen molar-refractivity contribution < 1.29 is 14.7 Å². The molecule has 1 atom stereocenters. The highest BCUT2D eigenvalue weighted by atomic mass is 16.5. The van der Waals surface area contributed by atoms with E-state index in [1.807, 2.05) is 24.3 Å². The minimum absolute atomic E-state index is 0.0739. The molecule has 1 aliphatic rings. The average Bonchev–Trinajstić information content (AvgIpc) is 2.51. The van der Waals surface area contributed by atoms with E-state index >= 15 is 0 Å². The van der Waals surface area contributed by atoms with Crippen LogP contribution in [0.4, 0.5) is 10.5 Å². The molecule has 112 valence electrons. The van der Waals surface area contributed by atoms with Crippen LogP contribution in [0.3, 0.4) is 0 Å². The highest BCUT2D eigenvalue weighted by Gasteiger charge is 2.31. The molecule has 0 unspecified atom stereocenters. The first-order chi connectivity index (χ1) is 9.99. The molecule has 0 saturated heterocycles. The minimum Gasteiger partial charge on any atom is -0.452 e. The van der Waals surface area contributed by atoms with Gasteiger partial charge in [0.05, 0.1) is 12.8 Å². The van der Waals surface area contributed by atoms with E-state index in [1.165, 1.54) is 17.6 Å². The summed E-state index contributed by atoms with van der Waals surface area (Å²) in [6, 6.07) is 5.17. The molecule has 6 heteroatoms. The molecule has 1 aromatic carbocycles.